The minimum Gasteiger partial charge on any atom is -0.342 e. The Hall–Kier alpha value is -2.28. The molecule has 1 N–H and O–H groups in total. The van der Waals surface area contributed by atoms with E-state index >= 15 is 0 Å². The molecule has 3 aromatic rings. The molecule has 0 aromatic carbocycles. The molecule has 7 heteroatoms. The van der Waals surface area contributed by atoms with Crippen LogP contribution < -0.4 is 5.32 Å². The molecule has 6 nitrogen and oxygen atoms in total. The molecule has 1 amide bonds. The Morgan fingerprint density at radius 1 is 1.33 bits per heavy atom. The predicted octanol–water partition coefficient (Wildman–Crippen LogP) is 2.38. The van der Waals surface area contributed by atoms with E-state index in [4.69, 9.17) is 0 Å². The average Bonchev–Trinajstić information content (AvgIpc) is 2.91. The van der Waals surface area contributed by atoms with Crippen molar-refractivity contribution in [2.75, 3.05) is 0 Å². The van der Waals surface area contributed by atoms with Crippen molar-refractivity contribution in [3.63, 3.8) is 0 Å². The minimum absolute atomic E-state index is 0.182. The summed E-state index contributed by atoms with van der Waals surface area (Å²) in [7, 11) is 0. The maximum Gasteiger partial charge on any atom is 0.252 e. The molecule has 0 saturated carbocycles. The maximum absolute atomic E-state index is 12.2. The molecule has 0 bridgehead atoms. The van der Waals surface area contributed by atoms with Gasteiger partial charge in [0.1, 0.15) is 4.60 Å². The second-order valence-corrected chi connectivity index (χ2v) is 5.36. The molecule has 0 fully saturated rings. The van der Waals surface area contributed by atoms with E-state index in [1.54, 1.807) is 18.3 Å². The van der Waals surface area contributed by atoms with Crippen molar-refractivity contribution in [1.82, 2.24) is 24.9 Å². The molecule has 3 heterocycles. The third kappa shape index (κ3) is 2.78. The van der Waals surface area contributed by atoms with Gasteiger partial charge in [-0.15, -0.1) is 10.2 Å². The zero-order valence-electron chi connectivity index (χ0n) is 11.2. The number of carbonyl (C=O) groups excluding carboxylic acids is 1. The van der Waals surface area contributed by atoms with Gasteiger partial charge in [0.15, 0.2) is 11.5 Å². The van der Waals surface area contributed by atoms with Crippen LogP contribution in [0.2, 0.25) is 0 Å². The largest absolute Gasteiger partial charge is 0.342 e. The van der Waals surface area contributed by atoms with Gasteiger partial charge in [-0.05, 0) is 47.1 Å². The monoisotopic (exact) mass is 345 g/mol. The van der Waals surface area contributed by atoms with Crippen molar-refractivity contribution >= 4 is 27.5 Å². The summed E-state index contributed by atoms with van der Waals surface area (Å²) in [6.45, 7) is 1.87. The molecule has 0 radical (unpaired) electrons. The number of nitrogens with zero attached hydrogens (tertiary/aromatic N) is 4. The van der Waals surface area contributed by atoms with Gasteiger partial charge in [-0.1, -0.05) is 6.07 Å². The number of aromatic nitrogens is 4. The van der Waals surface area contributed by atoms with E-state index in [0.29, 0.717) is 16.0 Å². The third-order valence-electron chi connectivity index (χ3n) is 3.06. The second kappa shape index (κ2) is 5.61. The summed E-state index contributed by atoms with van der Waals surface area (Å²) in [5, 5.41) is 11.1. The van der Waals surface area contributed by atoms with E-state index in [9.17, 15) is 4.79 Å². The highest BCUT2D eigenvalue weighted by Crippen LogP contribution is 2.13. The summed E-state index contributed by atoms with van der Waals surface area (Å²) in [5.41, 5.74) is 1.29. The number of amides is 1. The first kappa shape index (κ1) is 13.7. The quantitative estimate of drug-likeness (QED) is 0.739. The first-order chi connectivity index (χ1) is 10.1. The molecule has 3 rings (SSSR count). The van der Waals surface area contributed by atoms with Crippen LogP contribution in [0, 0.1) is 0 Å². The van der Waals surface area contributed by atoms with Gasteiger partial charge in [0.05, 0.1) is 6.04 Å². The van der Waals surface area contributed by atoms with Gasteiger partial charge in [0.25, 0.3) is 5.91 Å². The van der Waals surface area contributed by atoms with E-state index in [1.807, 2.05) is 35.7 Å². The van der Waals surface area contributed by atoms with Gasteiger partial charge in [-0.2, -0.15) is 0 Å². The lowest BCUT2D eigenvalue weighted by Crippen LogP contribution is -2.28. The van der Waals surface area contributed by atoms with Gasteiger partial charge < -0.3 is 5.32 Å². The van der Waals surface area contributed by atoms with Crippen molar-refractivity contribution in [3.05, 3.63) is 58.7 Å². The Morgan fingerprint density at radius 3 is 3.00 bits per heavy atom. The van der Waals surface area contributed by atoms with Crippen LogP contribution in [0.25, 0.3) is 5.65 Å². The van der Waals surface area contributed by atoms with Crippen molar-refractivity contribution in [2.24, 2.45) is 0 Å². The number of halogens is 1. The summed E-state index contributed by atoms with van der Waals surface area (Å²) < 4.78 is 2.48. The molecular formula is C14H12BrN5O. The summed E-state index contributed by atoms with van der Waals surface area (Å²) in [5.74, 6) is 0.505. The summed E-state index contributed by atoms with van der Waals surface area (Å²) in [6.07, 6.45) is 3.45. The van der Waals surface area contributed by atoms with Crippen molar-refractivity contribution < 1.29 is 4.79 Å². The van der Waals surface area contributed by atoms with Crippen LogP contribution in [-0.2, 0) is 0 Å². The first-order valence-corrected chi connectivity index (χ1v) is 7.16. The summed E-state index contributed by atoms with van der Waals surface area (Å²) in [4.78, 5) is 16.2. The van der Waals surface area contributed by atoms with E-state index < -0.39 is 0 Å². The van der Waals surface area contributed by atoms with Crippen LogP contribution in [-0.4, -0.2) is 25.5 Å². The molecule has 1 atom stereocenters. The number of rotatable bonds is 3. The summed E-state index contributed by atoms with van der Waals surface area (Å²) in [6, 6.07) is 8.73. The molecule has 21 heavy (non-hydrogen) atoms. The molecule has 0 spiro atoms. The normalized spacial score (nSPS) is 12.3. The van der Waals surface area contributed by atoms with E-state index in [1.165, 1.54) is 0 Å². The van der Waals surface area contributed by atoms with Gasteiger partial charge >= 0.3 is 0 Å². The third-order valence-corrected chi connectivity index (χ3v) is 3.50. The lowest BCUT2D eigenvalue weighted by molar-refractivity contribution is 0.0938. The van der Waals surface area contributed by atoms with Crippen LogP contribution in [0.5, 0.6) is 0 Å². The topological polar surface area (TPSA) is 72.2 Å². The van der Waals surface area contributed by atoms with Crippen LogP contribution in [0.3, 0.4) is 0 Å². The molecule has 0 saturated heterocycles. The predicted molar refractivity (Wildman–Crippen MR) is 80.8 cm³/mol. The van der Waals surface area contributed by atoms with Crippen molar-refractivity contribution in [1.29, 1.82) is 0 Å². The van der Waals surface area contributed by atoms with Crippen LogP contribution >= 0.6 is 15.9 Å². The number of nitrogens with one attached hydrogen (secondary N) is 1. The molecule has 0 aliphatic carbocycles. The summed E-state index contributed by atoms with van der Waals surface area (Å²) >= 11 is 3.25. The molecule has 0 aliphatic heterocycles. The van der Waals surface area contributed by atoms with Crippen LogP contribution in [0.15, 0.2) is 47.3 Å². The van der Waals surface area contributed by atoms with E-state index in [2.05, 4.69) is 36.4 Å². The van der Waals surface area contributed by atoms with Gasteiger partial charge in [0, 0.05) is 18.0 Å². The number of fused-ring (bicyclic) bond motifs is 1. The Labute approximate surface area is 129 Å². The smallest absolute Gasteiger partial charge is 0.252 e. The van der Waals surface area contributed by atoms with Gasteiger partial charge in [-0.3, -0.25) is 9.20 Å². The Morgan fingerprint density at radius 2 is 2.19 bits per heavy atom. The SMILES string of the molecule is CC(NC(=O)c1ccnc(Br)c1)c1nnc2ccccn12. The van der Waals surface area contributed by atoms with E-state index in [-0.39, 0.29) is 11.9 Å². The van der Waals surface area contributed by atoms with Gasteiger partial charge in [-0.25, -0.2) is 4.98 Å². The lowest BCUT2D eigenvalue weighted by atomic mass is 10.2. The fraction of sp³-hybridized carbons (Fsp3) is 0.143. The highest BCUT2D eigenvalue weighted by Gasteiger charge is 2.16. The number of carbonyl (C=O) groups is 1. The number of pyridine rings is 2. The lowest BCUT2D eigenvalue weighted by Gasteiger charge is -2.12. The molecule has 0 aliphatic rings. The molecular weight excluding hydrogens is 334 g/mol. The zero-order chi connectivity index (χ0) is 14.8. The fourth-order valence-corrected chi connectivity index (χ4v) is 2.41. The van der Waals surface area contributed by atoms with E-state index in [0.717, 1.165) is 5.65 Å². The van der Waals surface area contributed by atoms with Crippen molar-refractivity contribution in [3.8, 4) is 0 Å². The average molecular weight is 346 g/mol. The van der Waals surface area contributed by atoms with Crippen LogP contribution in [0.1, 0.15) is 29.1 Å². The maximum atomic E-state index is 12.2. The number of hydrogen-bond donors (Lipinski definition) is 1. The Bertz CT molecular complexity index is 801. The molecule has 1 unspecified atom stereocenters. The Balaban J connectivity index is 1.83. The second-order valence-electron chi connectivity index (χ2n) is 4.55. The zero-order valence-corrected chi connectivity index (χ0v) is 12.8. The van der Waals surface area contributed by atoms with Crippen molar-refractivity contribution in [2.45, 2.75) is 13.0 Å². The number of hydrogen-bond acceptors (Lipinski definition) is 4. The van der Waals surface area contributed by atoms with Gasteiger partial charge in [0.2, 0.25) is 0 Å². The molecule has 106 valence electrons. The highest BCUT2D eigenvalue weighted by molar-refractivity contribution is 9.10. The van der Waals surface area contributed by atoms with Crippen LogP contribution in [0.4, 0.5) is 0 Å². The highest BCUT2D eigenvalue weighted by atomic mass is 79.9. The fourth-order valence-electron chi connectivity index (χ4n) is 2.04. The first-order valence-electron chi connectivity index (χ1n) is 6.37. The standard InChI is InChI=1S/C14H12BrN5O/c1-9(13-19-18-12-4-2-3-7-20(12)13)17-14(21)10-5-6-16-11(15)8-10/h2-9H,1H3,(H,17,21). The molecule has 3 aromatic heterocycles. The Kier molecular flexibility index (Phi) is 3.66. The minimum atomic E-state index is -0.262.